The maximum Gasteiger partial charge on any atom is 0.312 e. The van der Waals surface area contributed by atoms with Gasteiger partial charge in [0.2, 0.25) is 15.9 Å². The fraction of sp³-hybridized carbons (Fsp3) is 0.588. The summed E-state index contributed by atoms with van der Waals surface area (Å²) in [6, 6.07) is 3.58. The Hall–Kier alpha value is -2.20. The first-order valence-electron chi connectivity index (χ1n) is 8.77. The zero-order valence-electron chi connectivity index (χ0n) is 15.8. The van der Waals surface area contributed by atoms with Gasteiger partial charge in [-0.2, -0.15) is 4.31 Å². The molecule has 1 aliphatic rings. The molecule has 0 saturated carbocycles. The molecule has 2 rings (SSSR count). The number of carbonyl (C=O) groups excluding carboxylic acids is 1. The fourth-order valence-corrected chi connectivity index (χ4v) is 4.31. The topological polar surface area (TPSA) is 110 Å². The molecule has 1 aromatic rings. The fourth-order valence-electron chi connectivity index (χ4n) is 2.87. The van der Waals surface area contributed by atoms with Crippen molar-refractivity contribution >= 4 is 21.6 Å². The summed E-state index contributed by atoms with van der Waals surface area (Å²) in [6.45, 7) is 5.05. The van der Waals surface area contributed by atoms with Crippen molar-refractivity contribution in [3.63, 3.8) is 0 Å². The van der Waals surface area contributed by atoms with Gasteiger partial charge in [-0.3, -0.25) is 14.9 Å². The van der Waals surface area contributed by atoms with Crippen LogP contribution >= 0.6 is 0 Å². The number of methoxy groups -OCH3 is 1. The van der Waals surface area contributed by atoms with E-state index in [-0.39, 0.29) is 29.6 Å². The summed E-state index contributed by atoms with van der Waals surface area (Å²) >= 11 is 0. The lowest BCUT2D eigenvalue weighted by Gasteiger charge is -2.34. The number of amides is 1. The number of carbonyl (C=O) groups is 1. The van der Waals surface area contributed by atoms with Crippen LogP contribution < -0.4 is 4.74 Å². The lowest BCUT2D eigenvalue weighted by atomic mass is 10.1. The first kappa shape index (κ1) is 21.1. The van der Waals surface area contributed by atoms with Gasteiger partial charge in [0.25, 0.3) is 0 Å². The summed E-state index contributed by atoms with van der Waals surface area (Å²) in [6.07, 6.45) is 1.25. The third kappa shape index (κ3) is 4.95. The molecule has 1 saturated heterocycles. The molecule has 27 heavy (non-hydrogen) atoms. The summed E-state index contributed by atoms with van der Waals surface area (Å²) in [5, 5.41) is 11.1. The molecule has 1 aromatic carbocycles. The Balaban J connectivity index is 2.10. The SMILES string of the molecule is COc1ccc(S(=O)(=O)N2CCN(C(=O)CCC(C)C)CC2)cc1[N+](=O)[O-]. The van der Waals surface area contributed by atoms with Crippen LogP contribution in [-0.4, -0.2) is 61.7 Å². The van der Waals surface area contributed by atoms with Crippen LogP contribution in [0.1, 0.15) is 26.7 Å². The summed E-state index contributed by atoms with van der Waals surface area (Å²) in [7, 11) is -2.60. The van der Waals surface area contributed by atoms with Crippen molar-refractivity contribution in [3.05, 3.63) is 28.3 Å². The Labute approximate surface area is 159 Å². The van der Waals surface area contributed by atoms with Crippen molar-refractivity contribution in [2.75, 3.05) is 33.3 Å². The second-order valence-corrected chi connectivity index (χ2v) is 8.75. The Morgan fingerprint density at radius 1 is 1.26 bits per heavy atom. The van der Waals surface area contributed by atoms with Crippen molar-refractivity contribution < 1.29 is 22.9 Å². The predicted molar refractivity (Wildman–Crippen MR) is 99.1 cm³/mol. The smallest absolute Gasteiger partial charge is 0.312 e. The molecule has 0 atom stereocenters. The van der Waals surface area contributed by atoms with Gasteiger partial charge in [0, 0.05) is 38.7 Å². The van der Waals surface area contributed by atoms with Crippen LogP contribution in [0.25, 0.3) is 0 Å². The second-order valence-electron chi connectivity index (χ2n) is 6.81. The van der Waals surface area contributed by atoms with E-state index in [1.165, 1.54) is 23.5 Å². The van der Waals surface area contributed by atoms with Gasteiger partial charge in [0.15, 0.2) is 5.75 Å². The van der Waals surface area contributed by atoms with Crippen LogP contribution in [-0.2, 0) is 14.8 Å². The average Bonchev–Trinajstić information content (AvgIpc) is 2.65. The zero-order chi connectivity index (χ0) is 20.2. The number of nitrogens with zero attached hydrogens (tertiary/aromatic N) is 3. The first-order valence-corrected chi connectivity index (χ1v) is 10.2. The number of nitro groups is 1. The number of ether oxygens (including phenoxy) is 1. The number of benzene rings is 1. The molecule has 9 nitrogen and oxygen atoms in total. The van der Waals surface area contributed by atoms with E-state index < -0.39 is 20.6 Å². The summed E-state index contributed by atoms with van der Waals surface area (Å²) in [5.41, 5.74) is -0.402. The van der Waals surface area contributed by atoms with Crippen LogP contribution in [0, 0.1) is 16.0 Å². The molecule has 1 heterocycles. The van der Waals surface area contributed by atoms with Crippen molar-refractivity contribution in [1.29, 1.82) is 0 Å². The van der Waals surface area contributed by atoms with E-state index in [1.807, 2.05) is 13.8 Å². The number of nitro benzene ring substituents is 1. The molecule has 10 heteroatoms. The molecule has 150 valence electrons. The monoisotopic (exact) mass is 399 g/mol. The highest BCUT2D eigenvalue weighted by Gasteiger charge is 2.31. The molecular weight excluding hydrogens is 374 g/mol. The summed E-state index contributed by atoms with van der Waals surface area (Å²) in [5.74, 6) is 0.460. The molecule has 0 spiro atoms. The number of piperazine rings is 1. The predicted octanol–water partition coefficient (Wildman–Crippen LogP) is 1.87. The van der Waals surface area contributed by atoms with E-state index in [1.54, 1.807) is 4.90 Å². The van der Waals surface area contributed by atoms with E-state index in [2.05, 4.69) is 0 Å². The lowest BCUT2D eigenvalue weighted by Crippen LogP contribution is -2.50. The second kappa shape index (κ2) is 8.66. The normalized spacial score (nSPS) is 15.8. The maximum absolute atomic E-state index is 12.8. The molecule has 0 bridgehead atoms. The summed E-state index contributed by atoms with van der Waals surface area (Å²) in [4.78, 5) is 24.2. The van der Waals surface area contributed by atoms with Gasteiger partial charge >= 0.3 is 5.69 Å². The first-order chi connectivity index (χ1) is 12.7. The Morgan fingerprint density at radius 2 is 1.89 bits per heavy atom. The zero-order valence-corrected chi connectivity index (χ0v) is 16.6. The van der Waals surface area contributed by atoms with Gasteiger partial charge in [0.1, 0.15) is 0 Å². The molecule has 0 aliphatic carbocycles. The van der Waals surface area contributed by atoms with E-state index in [4.69, 9.17) is 4.74 Å². The molecule has 0 radical (unpaired) electrons. The number of hydrogen-bond donors (Lipinski definition) is 0. The maximum atomic E-state index is 12.8. The molecular formula is C17H25N3O6S. The molecule has 1 fully saturated rings. The Kier molecular flexibility index (Phi) is 6.77. The van der Waals surface area contributed by atoms with Crippen molar-refractivity contribution in [2.24, 2.45) is 5.92 Å². The van der Waals surface area contributed by atoms with Crippen LogP contribution in [0.2, 0.25) is 0 Å². The number of hydrogen-bond acceptors (Lipinski definition) is 6. The minimum absolute atomic E-state index is 0.000446. The van der Waals surface area contributed by atoms with Crippen molar-refractivity contribution in [1.82, 2.24) is 9.21 Å². The third-order valence-corrected chi connectivity index (χ3v) is 6.41. The van der Waals surface area contributed by atoms with Crippen LogP contribution in [0.4, 0.5) is 5.69 Å². The third-order valence-electron chi connectivity index (χ3n) is 4.51. The van der Waals surface area contributed by atoms with Gasteiger partial charge in [-0.25, -0.2) is 8.42 Å². The molecule has 1 aliphatic heterocycles. The van der Waals surface area contributed by atoms with Gasteiger partial charge in [0.05, 0.1) is 16.9 Å². The van der Waals surface area contributed by atoms with E-state index in [9.17, 15) is 23.3 Å². The van der Waals surface area contributed by atoms with Crippen molar-refractivity contribution in [3.8, 4) is 5.75 Å². The number of rotatable bonds is 7. The Bertz CT molecular complexity index is 801. The van der Waals surface area contributed by atoms with E-state index >= 15 is 0 Å². The van der Waals surface area contributed by atoms with Gasteiger partial charge in [-0.05, 0) is 24.5 Å². The van der Waals surface area contributed by atoms with Crippen LogP contribution in [0.5, 0.6) is 5.75 Å². The van der Waals surface area contributed by atoms with E-state index in [0.29, 0.717) is 25.4 Å². The van der Waals surface area contributed by atoms with Gasteiger partial charge in [-0.15, -0.1) is 0 Å². The average molecular weight is 399 g/mol. The quantitative estimate of drug-likeness (QED) is 0.511. The van der Waals surface area contributed by atoms with Crippen LogP contribution in [0.3, 0.4) is 0 Å². The highest BCUT2D eigenvalue weighted by atomic mass is 32.2. The Morgan fingerprint density at radius 3 is 2.41 bits per heavy atom. The summed E-state index contributed by atoms with van der Waals surface area (Å²) < 4.78 is 31.8. The largest absolute Gasteiger partial charge is 0.490 e. The highest BCUT2D eigenvalue weighted by Crippen LogP contribution is 2.30. The highest BCUT2D eigenvalue weighted by molar-refractivity contribution is 7.89. The molecule has 1 amide bonds. The van der Waals surface area contributed by atoms with Crippen molar-refractivity contribution in [2.45, 2.75) is 31.6 Å². The van der Waals surface area contributed by atoms with Crippen LogP contribution in [0.15, 0.2) is 23.1 Å². The van der Waals surface area contributed by atoms with Gasteiger partial charge in [-0.1, -0.05) is 13.8 Å². The molecule has 0 N–H and O–H groups in total. The molecule has 0 aromatic heterocycles. The standard InChI is InChI=1S/C17H25N3O6S/c1-13(2)4-7-17(21)18-8-10-19(11-9-18)27(24,25)14-5-6-16(26-3)15(12-14)20(22)23/h5-6,12-13H,4,7-11H2,1-3H3. The minimum Gasteiger partial charge on any atom is -0.490 e. The minimum atomic E-state index is -3.88. The van der Waals surface area contributed by atoms with Gasteiger partial charge < -0.3 is 9.64 Å². The number of sulfonamides is 1. The molecule has 0 unspecified atom stereocenters. The van der Waals surface area contributed by atoms with E-state index in [0.717, 1.165) is 12.5 Å². The lowest BCUT2D eigenvalue weighted by molar-refractivity contribution is -0.386.